The number of hydrazone groups is 1. The van der Waals surface area contributed by atoms with E-state index in [0.29, 0.717) is 22.8 Å². The third kappa shape index (κ3) is 7.20. The lowest BCUT2D eigenvalue weighted by molar-refractivity contribution is -0.139. The van der Waals surface area contributed by atoms with Crippen molar-refractivity contribution < 1.29 is 28.0 Å². The number of ether oxygens (including phenoxy) is 1. The molecule has 0 radical (unpaired) electrons. The molecule has 0 spiro atoms. The number of rotatable bonds is 9. The van der Waals surface area contributed by atoms with Gasteiger partial charge in [-0.2, -0.15) is 5.10 Å². The van der Waals surface area contributed by atoms with E-state index in [0.717, 1.165) is 0 Å². The molecule has 0 bridgehead atoms. The van der Waals surface area contributed by atoms with Crippen molar-refractivity contribution in [2.24, 2.45) is 5.10 Å². The predicted octanol–water partition coefficient (Wildman–Crippen LogP) is 1.33. The minimum Gasteiger partial charge on any atom is -0.484 e. The zero-order valence-electron chi connectivity index (χ0n) is 16.4. The second-order valence-electron chi connectivity index (χ2n) is 6.17. The first kappa shape index (κ1) is 21.4. The van der Waals surface area contributed by atoms with Crippen LogP contribution in [0.15, 0.2) is 75.0 Å². The highest BCUT2D eigenvalue weighted by Gasteiger charge is 2.12. The van der Waals surface area contributed by atoms with Gasteiger partial charge in [0.15, 0.2) is 6.61 Å². The standard InChI is InChI=1S/C21H20N4O6/c26-19(22-12-17-3-1-9-29-17)14-31-16-7-5-15(6-8-16)11-24-25-21(28)20(27)23-13-18-4-2-10-30-18/h1-11H,12-14H2,(H,22,26)(H,23,27)(H,25,28)/b24-11-. The van der Waals surface area contributed by atoms with Gasteiger partial charge in [-0.15, -0.1) is 0 Å². The van der Waals surface area contributed by atoms with Crippen LogP contribution in [0.1, 0.15) is 17.1 Å². The van der Waals surface area contributed by atoms with Crippen molar-refractivity contribution in [1.82, 2.24) is 16.1 Å². The van der Waals surface area contributed by atoms with Gasteiger partial charge in [0, 0.05) is 0 Å². The van der Waals surface area contributed by atoms with Gasteiger partial charge in [0.05, 0.1) is 31.8 Å². The Morgan fingerprint density at radius 2 is 1.52 bits per heavy atom. The van der Waals surface area contributed by atoms with Crippen molar-refractivity contribution in [3.8, 4) is 5.75 Å². The van der Waals surface area contributed by atoms with Crippen molar-refractivity contribution in [2.45, 2.75) is 13.1 Å². The van der Waals surface area contributed by atoms with Crippen LogP contribution in [0.25, 0.3) is 0 Å². The third-order valence-corrected chi connectivity index (χ3v) is 3.88. The first-order chi connectivity index (χ1) is 15.1. The van der Waals surface area contributed by atoms with Crippen LogP contribution < -0.4 is 20.8 Å². The second-order valence-corrected chi connectivity index (χ2v) is 6.17. The molecule has 10 heteroatoms. The summed E-state index contributed by atoms with van der Waals surface area (Å²) in [5, 5.41) is 8.82. The summed E-state index contributed by atoms with van der Waals surface area (Å²) in [6.45, 7) is 0.250. The molecule has 3 amide bonds. The largest absolute Gasteiger partial charge is 0.484 e. The second kappa shape index (κ2) is 11.0. The number of benzene rings is 1. The number of hydrogen-bond acceptors (Lipinski definition) is 7. The summed E-state index contributed by atoms with van der Waals surface area (Å²) >= 11 is 0. The number of nitrogens with zero attached hydrogens (tertiary/aromatic N) is 1. The van der Waals surface area contributed by atoms with E-state index < -0.39 is 11.8 Å². The summed E-state index contributed by atoms with van der Waals surface area (Å²) in [6, 6.07) is 13.5. The minimum absolute atomic E-state index is 0.102. The SMILES string of the molecule is O=C(COc1ccc(/C=N\NC(=O)C(=O)NCc2ccco2)cc1)NCc1ccco1. The quantitative estimate of drug-likeness (QED) is 0.269. The smallest absolute Gasteiger partial charge is 0.329 e. The van der Waals surface area contributed by atoms with Gasteiger partial charge in [-0.05, 0) is 54.1 Å². The molecule has 0 fully saturated rings. The number of furan rings is 2. The molecule has 2 aromatic heterocycles. The van der Waals surface area contributed by atoms with Crippen LogP contribution >= 0.6 is 0 Å². The Morgan fingerprint density at radius 1 is 0.871 bits per heavy atom. The van der Waals surface area contributed by atoms with Gasteiger partial charge in [0.1, 0.15) is 17.3 Å². The number of amides is 3. The van der Waals surface area contributed by atoms with Gasteiger partial charge in [-0.3, -0.25) is 14.4 Å². The summed E-state index contributed by atoms with van der Waals surface area (Å²) in [7, 11) is 0. The maximum absolute atomic E-state index is 11.8. The molecular weight excluding hydrogens is 404 g/mol. The third-order valence-electron chi connectivity index (χ3n) is 3.88. The van der Waals surface area contributed by atoms with Gasteiger partial charge >= 0.3 is 11.8 Å². The van der Waals surface area contributed by atoms with Crippen molar-refractivity contribution in [3.63, 3.8) is 0 Å². The molecule has 0 saturated heterocycles. The van der Waals surface area contributed by atoms with Crippen LogP contribution in [0.3, 0.4) is 0 Å². The van der Waals surface area contributed by atoms with Gasteiger partial charge in [0.25, 0.3) is 5.91 Å². The Bertz CT molecular complexity index is 1010. The molecule has 0 aliphatic heterocycles. The van der Waals surface area contributed by atoms with Crippen molar-refractivity contribution >= 4 is 23.9 Å². The van der Waals surface area contributed by atoms with Crippen LogP contribution in [0, 0.1) is 0 Å². The van der Waals surface area contributed by atoms with Crippen LogP contribution in [0.2, 0.25) is 0 Å². The molecule has 10 nitrogen and oxygen atoms in total. The van der Waals surface area contributed by atoms with E-state index in [1.165, 1.54) is 18.7 Å². The first-order valence-corrected chi connectivity index (χ1v) is 9.26. The summed E-state index contributed by atoms with van der Waals surface area (Å²) < 4.78 is 15.6. The van der Waals surface area contributed by atoms with Crippen molar-refractivity contribution in [3.05, 3.63) is 78.1 Å². The molecule has 0 saturated carbocycles. The van der Waals surface area contributed by atoms with E-state index in [1.54, 1.807) is 48.5 Å². The van der Waals surface area contributed by atoms with Crippen LogP contribution in [0.5, 0.6) is 5.75 Å². The van der Waals surface area contributed by atoms with E-state index in [9.17, 15) is 14.4 Å². The highest BCUT2D eigenvalue weighted by Crippen LogP contribution is 2.11. The molecule has 3 rings (SSSR count). The summed E-state index contributed by atoms with van der Waals surface area (Å²) in [5.41, 5.74) is 2.80. The maximum Gasteiger partial charge on any atom is 0.329 e. The zero-order chi connectivity index (χ0) is 21.9. The Balaban J connectivity index is 1.36. The number of carbonyl (C=O) groups is 3. The fourth-order valence-electron chi connectivity index (χ4n) is 2.33. The normalized spacial score (nSPS) is 10.6. The molecule has 31 heavy (non-hydrogen) atoms. The van der Waals surface area contributed by atoms with Gasteiger partial charge in [0.2, 0.25) is 0 Å². The molecule has 3 aromatic rings. The Hall–Kier alpha value is -4.34. The number of nitrogens with one attached hydrogen (secondary N) is 3. The van der Waals surface area contributed by atoms with E-state index >= 15 is 0 Å². The molecule has 0 aliphatic rings. The molecule has 0 unspecified atom stereocenters. The lowest BCUT2D eigenvalue weighted by atomic mass is 10.2. The summed E-state index contributed by atoms with van der Waals surface area (Å²) in [6.07, 6.45) is 4.38. The fraction of sp³-hybridized carbons (Fsp3) is 0.143. The van der Waals surface area contributed by atoms with Gasteiger partial charge in [-0.1, -0.05) is 0 Å². The van der Waals surface area contributed by atoms with Crippen LogP contribution in [0.4, 0.5) is 0 Å². The van der Waals surface area contributed by atoms with Crippen molar-refractivity contribution in [2.75, 3.05) is 6.61 Å². The van der Waals surface area contributed by atoms with E-state index in [1.807, 2.05) is 0 Å². The predicted molar refractivity (Wildman–Crippen MR) is 109 cm³/mol. The number of hydrogen-bond donors (Lipinski definition) is 3. The molecule has 0 aliphatic carbocycles. The highest BCUT2D eigenvalue weighted by molar-refractivity contribution is 6.35. The Kier molecular flexibility index (Phi) is 7.58. The molecule has 0 atom stereocenters. The zero-order valence-corrected chi connectivity index (χ0v) is 16.4. The van der Waals surface area contributed by atoms with Gasteiger partial charge in [-0.25, -0.2) is 5.43 Å². The first-order valence-electron chi connectivity index (χ1n) is 9.26. The van der Waals surface area contributed by atoms with E-state index in [2.05, 4.69) is 21.2 Å². The highest BCUT2D eigenvalue weighted by atomic mass is 16.5. The Labute approximate surface area is 177 Å². The van der Waals surface area contributed by atoms with Crippen molar-refractivity contribution in [1.29, 1.82) is 0 Å². The summed E-state index contributed by atoms with van der Waals surface area (Å²) in [5.74, 6) is -0.339. The summed E-state index contributed by atoms with van der Waals surface area (Å²) in [4.78, 5) is 35.1. The number of carbonyl (C=O) groups excluding carboxylic acids is 3. The molecule has 160 valence electrons. The average molecular weight is 424 g/mol. The van der Waals surface area contributed by atoms with E-state index in [4.69, 9.17) is 13.6 Å². The van der Waals surface area contributed by atoms with E-state index in [-0.39, 0.29) is 25.6 Å². The average Bonchev–Trinajstić information content (AvgIpc) is 3.49. The lowest BCUT2D eigenvalue weighted by Gasteiger charge is -2.06. The monoisotopic (exact) mass is 424 g/mol. The molecule has 2 heterocycles. The molecule has 1 aromatic carbocycles. The van der Waals surface area contributed by atoms with Crippen LogP contribution in [-0.4, -0.2) is 30.5 Å². The molecular formula is C21H20N4O6. The van der Waals surface area contributed by atoms with Gasteiger partial charge < -0.3 is 24.2 Å². The Morgan fingerprint density at radius 3 is 2.13 bits per heavy atom. The fourth-order valence-corrected chi connectivity index (χ4v) is 2.33. The topological polar surface area (TPSA) is 135 Å². The minimum atomic E-state index is -0.900. The van der Waals surface area contributed by atoms with Crippen LogP contribution in [-0.2, 0) is 27.5 Å². The lowest BCUT2D eigenvalue weighted by Crippen LogP contribution is -2.37. The molecule has 3 N–H and O–H groups in total. The maximum atomic E-state index is 11.8.